The fourth-order valence-electron chi connectivity index (χ4n) is 3.64. The number of benzene rings is 1. The first-order valence-corrected chi connectivity index (χ1v) is 11.8. The van der Waals surface area contributed by atoms with Crippen molar-refractivity contribution in [1.29, 1.82) is 0 Å². The normalized spacial score (nSPS) is 21.2. The molecule has 1 aliphatic rings. The molecule has 0 bridgehead atoms. The summed E-state index contributed by atoms with van der Waals surface area (Å²) in [5.74, 6) is 1.37. The molecule has 1 fully saturated rings. The lowest BCUT2D eigenvalue weighted by Gasteiger charge is -2.30. The van der Waals surface area contributed by atoms with Gasteiger partial charge in [-0.1, -0.05) is 25.5 Å². The van der Waals surface area contributed by atoms with Crippen LogP contribution in [0.15, 0.2) is 29.3 Å². The highest BCUT2D eigenvalue weighted by Gasteiger charge is 2.26. The maximum Gasteiger partial charge on any atom is 0.191 e. The Bertz CT molecular complexity index is 655. The molecule has 0 heterocycles. The molecular formula is C21H35FN4OS. The van der Waals surface area contributed by atoms with Crippen molar-refractivity contribution < 1.29 is 8.60 Å². The summed E-state index contributed by atoms with van der Waals surface area (Å²) in [7, 11) is 1.18. The lowest BCUT2D eigenvalue weighted by Crippen LogP contribution is -2.46. The van der Waals surface area contributed by atoms with E-state index < -0.39 is 10.8 Å². The Morgan fingerprint density at radius 2 is 2.11 bits per heavy atom. The Morgan fingerprint density at radius 3 is 2.82 bits per heavy atom. The van der Waals surface area contributed by atoms with E-state index in [1.54, 1.807) is 12.1 Å². The summed E-state index contributed by atoms with van der Waals surface area (Å²) in [5, 5.41) is 7.13. The smallest absolute Gasteiger partial charge is 0.191 e. The molecule has 2 N–H and O–H groups in total. The fourth-order valence-corrected chi connectivity index (χ4v) is 4.99. The number of nitrogens with zero attached hydrogens (tertiary/aromatic N) is 2. The van der Waals surface area contributed by atoms with Crippen molar-refractivity contribution in [1.82, 2.24) is 10.6 Å². The van der Waals surface area contributed by atoms with Gasteiger partial charge in [-0.25, -0.2) is 4.39 Å². The average Bonchev–Trinajstić information content (AvgIpc) is 2.71. The van der Waals surface area contributed by atoms with Crippen LogP contribution in [-0.4, -0.2) is 53.9 Å². The van der Waals surface area contributed by atoms with Crippen LogP contribution in [0.25, 0.3) is 0 Å². The molecule has 1 aromatic rings. The number of halogens is 1. The van der Waals surface area contributed by atoms with Crippen LogP contribution in [0.4, 0.5) is 10.1 Å². The van der Waals surface area contributed by atoms with Gasteiger partial charge in [0.2, 0.25) is 0 Å². The minimum absolute atomic E-state index is 0.195. The van der Waals surface area contributed by atoms with Crippen LogP contribution in [0.3, 0.4) is 0 Å². The number of rotatable bonds is 9. The highest BCUT2D eigenvalue weighted by molar-refractivity contribution is 7.85. The molecule has 0 amide bonds. The van der Waals surface area contributed by atoms with Gasteiger partial charge < -0.3 is 15.5 Å². The van der Waals surface area contributed by atoms with Gasteiger partial charge in [0.15, 0.2) is 5.96 Å². The van der Waals surface area contributed by atoms with Gasteiger partial charge in [-0.15, -0.1) is 0 Å². The summed E-state index contributed by atoms with van der Waals surface area (Å²) in [6.07, 6.45) is 5.06. The topological polar surface area (TPSA) is 56.7 Å². The Kier molecular flexibility index (Phi) is 9.75. The molecule has 28 heavy (non-hydrogen) atoms. The number of aliphatic imine (C=N–C) groups is 1. The molecule has 7 heteroatoms. The Balaban J connectivity index is 1.83. The van der Waals surface area contributed by atoms with Crippen molar-refractivity contribution in [3.63, 3.8) is 0 Å². The molecular weight excluding hydrogens is 375 g/mol. The first-order valence-electron chi connectivity index (χ1n) is 10.4. The van der Waals surface area contributed by atoms with Crippen LogP contribution < -0.4 is 15.5 Å². The van der Waals surface area contributed by atoms with Gasteiger partial charge in [-0.05, 0) is 44.7 Å². The largest absolute Gasteiger partial charge is 0.372 e. The van der Waals surface area contributed by atoms with Gasteiger partial charge in [0.1, 0.15) is 5.82 Å². The van der Waals surface area contributed by atoms with Gasteiger partial charge in [0.05, 0.1) is 5.69 Å². The van der Waals surface area contributed by atoms with Crippen molar-refractivity contribution >= 4 is 22.4 Å². The van der Waals surface area contributed by atoms with Crippen molar-refractivity contribution in [2.45, 2.75) is 57.2 Å². The Morgan fingerprint density at radius 1 is 1.32 bits per heavy atom. The molecule has 0 saturated heterocycles. The number of guanidine groups is 1. The van der Waals surface area contributed by atoms with Gasteiger partial charge >= 0.3 is 0 Å². The van der Waals surface area contributed by atoms with Crippen LogP contribution in [0.2, 0.25) is 0 Å². The van der Waals surface area contributed by atoms with E-state index in [1.807, 2.05) is 24.9 Å². The standard InChI is InChI=1S/C21H35FN4OS/c1-4-23-21(25-17-10-8-11-18(16-17)28(27)5-2)24-14-9-15-26(3)20-13-7-6-12-19(20)22/h6-7,12-13,17-18H,4-5,8-11,14-16H2,1-3H3,(H2,23,24,25). The zero-order chi connectivity index (χ0) is 20.4. The molecule has 2 rings (SSSR count). The lowest BCUT2D eigenvalue weighted by atomic mass is 9.95. The molecule has 1 aliphatic carbocycles. The molecule has 3 unspecified atom stereocenters. The SMILES string of the molecule is CCNC(=NCCCN(C)c1ccccc1F)NC1CCCC(S(=O)CC)C1. The molecule has 1 aromatic carbocycles. The third-order valence-corrected chi connectivity index (χ3v) is 6.89. The zero-order valence-electron chi connectivity index (χ0n) is 17.4. The minimum atomic E-state index is -0.721. The molecule has 0 aromatic heterocycles. The van der Waals surface area contributed by atoms with E-state index in [1.165, 1.54) is 6.07 Å². The summed E-state index contributed by atoms with van der Waals surface area (Å²) in [5.41, 5.74) is 0.619. The van der Waals surface area contributed by atoms with E-state index in [0.29, 0.717) is 23.5 Å². The van der Waals surface area contributed by atoms with Gasteiger partial charge in [0.25, 0.3) is 0 Å². The predicted octanol–water partition coefficient (Wildman–Crippen LogP) is 3.29. The molecule has 0 spiro atoms. The summed E-state index contributed by atoms with van der Waals surface area (Å²) in [6.45, 7) is 6.27. The second kappa shape index (κ2) is 12.0. The maximum absolute atomic E-state index is 13.8. The van der Waals surface area contributed by atoms with Crippen molar-refractivity contribution in [3.05, 3.63) is 30.1 Å². The van der Waals surface area contributed by atoms with E-state index in [2.05, 4.69) is 22.5 Å². The molecule has 0 radical (unpaired) electrons. The summed E-state index contributed by atoms with van der Waals surface area (Å²) in [4.78, 5) is 6.61. The maximum atomic E-state index is 13.8. The van der Waals surface area contributed by atoms with Crippen LogP contribution in [-0.2, 0) is 10.8 Å². The first kappa shape index (κ1) is 22.7. The van der Waals surface area contributed by atoms with Gasteiger partial charge in [-0.3, -0.25) is 9.20 Å². The number of anilines is 1. The summed E-state index contributed by atoms with van der Waals surface area (Å²) < 4.78 is 26.0. The molecule has 1 saturated carbocycles. The number of nitrogens with one attached hydrogen (secondary N) is 2. The zero-order valence-corrected chi connectivity index (χ0v) is 18.2. The average molecular weight is 411 g/mol. The first-order chi connectivity index (χ1) is 13.5. The van der Waals surface area contributed by atoms with E-state index in [4.69, 9.17) is 0 Å². The monoisotopic (exact) mass is 410 g/mol. The van der Waals surface area contributed by atoms with Gasteiger partial charge in [-0.2, -0.15) is 0 Å². The second-order valence-electron chi connectivity index (χ2n) is 7.29. The molecule has 3 atom stereocenters. The molecule has 0 aliphatic heterocycles. The Labute approximate surface area is 171 Å². The Hall–Kier alpha value is -1.63. The number of hydrogen-bond donors (Lipinski definition) is 2. The third kappa shape index (κ3) is 7.08. The fraction of sp³-hybridized carbons (Fsp3) is 0.667. The van der Waals surface area contributed by atoms with Gasteiger partial charge in [0, 0.05) is 54.5 Å². The van der Waals surface area contributed by atoms with Crippen LogP contribution in [0.1, 0.15) is 46.0 Å². The van der Waals surface area contributed by atoms with Crippen LogP contribution >= 0.6 is 0 Å². The van der Waals surface area contributed by atoms with E-state index in [9.17, 15) is 8.60 Å². The lowest BCUT2D eigenvalue weighted by molar-refractivity contribution is 0.413. The van der Waals surface area contributed by atoms with Crippen LogP contribution in [0, 0.1) is 5.82 Å². The van der Waals surface area contributed by atoms with Crippen molar-refractivity contribution in [3.8, 4) is 0 Å². The predicted molar refractivity (Wildman–Crippen MR) is 118 cm³/mol. The van der Waals surface area contributed by atoms with Crippen molar-refractivity contribution in [2.75, 3.05) is 37.3 Å². The van der Waals surface area contributed by atoms with E-state index in [-0.39, 0.29) is 5.82 Å². The molecule has 158 valence electrons. The summed E-state index contributed by atoms with van der Waals surface area (Å²) >= 11 is 0. The number of para-hydroxylation sites is 1. The highest BCUT2D eigenvalue weighted by atomic mass is 32.2. The minimum Gasteiger partial charge on any atom is -0.372 e. The van der Waals surface area contributed by atoms with Crippen LogP contribution in [0.5, 0.6) is 0 Å². The van der Waals surface area contributed by atoms with E-state index in [0.717, 1.165) is 56.9 Å². The van der Waals surface area contributed by atoms with Crippen molar-refractivity contribution in [2.24, 2.45) is 4.99 Å². The van der Waals surface area contributed by atoms with E-state index >= 15 is 0 Å². The second-order valence-corrected chi connectivity index (χ2v) is 9.29. The quantitative estimate of drug-likeness (QED) is 0.373. The number of hydrogen-bond acceptors (Lipinski definition) is 3. The molecule has 5 nitrogen and oxygen atoms in total. The third-order valence-electron chi connectivity index (χ3n) is 5.15. The highest BCUT2D eigenvalue weighted by Crippen LogP contribution is 2.23. The summed E-state index contributed by atoms with van der Waals surface area (Å²) in [6, 6.07) is 7.16.